The average molecular weight is 449 g/mol. The van der Waals surface area contributed by atoms with E-state index >= 15 is 0 Å². The van der Waals surface area contributed by atoms with E-state index in [2.05, 4.69) is 13.2 Å². The van der Waals surface area contributed by atoms with Crippen LogP contribution in [0.15, 0.2) is 25.3 Å². The second-order valence-electron chi connectivity index (χ2n) is 9.59. The van der Waals surface area contributed by atoms with Crippen LogP contribution in [-0.2, 0) is 23.9 Å². The summed E-state index contributed by atoms with van der Waals surface area (Å²) in [5.74, 6) is -2.73. The molecule has 32 heavy (non-hydrogen) atoms. The van der Waals surface area contributed by atoms with Crippen LogP contribution >= 0.6 is 0 Å². The van der Waals surface area contributed by atoms with Gasteiger partial charge in [-0.05, 0) is 32.6 Å². The number of nitrogens with zero attached hydrogens (tertiary/aromatic N) is 2. The first-order chi connectivity index (χ1) is 15.2. The van der Waals surface area contributed by atoms with E-state index in [9.17, 15) is 19.5 Å². The number of aliphatic hydroxyl groups is 1. The Balaban J connectivity index is 2.09. The lowest BCUT2D eigenvalue weighted by Crippen LogP contribution is -2.60. The first-order valence-electron chi connectivity index (χ1n) is 11.5. The van der Waals surface area contributed by atoms with Gasteiger partial charge in [-0.2, -0.15) is 0 Å². The molecular formula is C24H36N2O6. The van der Waals surface area contributed by atoms with E-state index in [-0.39, 0.29) is 37.0 Å². The minimum absolute atomic E-state index is 0.0494. The van der Waals surface area contributed by atoms with Crippen LogP contribution in [0.4, 0.5) is 0 Å². The van der Waals surface area contributed by atoms with Gasteiger partial charge in [-0.1, -0.05) is 32.6 Å². The normalized spacial score (nSPS) is 31.7. The largest absolute Gasteiger partial charge is 0.461 e. The summed E-state index contributed by atoms with van der Waals surface area (Å²) in [6.07, 6.45) is 3.75. The molecule has 0 aromatic carbocycles. The Morgan fingerprint density at radius 2 is 2.00 bits per heavy atom. The maximum absolute atomic E-state index is 13.9. The topological polar surface area (TPSA) is 96.4 Å². The van der Waals surface area contributed by atoms with Gasteiger partial charge in [0.05, 0.1) is 30.6 Å². The lowest BCUT2D eigenvalue weighted by molar-refractivity contribution is -0.156. The average Bonchev–Trinajstić information content (AvgIpc) is 3.38. The number of ether oxygens (including phenoxy) is 2. The number of carbonyl (C=O) groups is 3. The summed E-state index contributed by atoms with van der Waals surface area (Å²) >= 11 is 0. The van der Waals surface area contributed by atoms with E-state index < -0.39 is 41.6 Å². The van der Waals surface area contributed by atoms with E-state index in [1.807, 2.05) is 27.7 Å². The quantitative estimate of drug-likeness (QED) is 0.402. The van der Waals surface area contributed by atoms with E-state index in [4.69, 9.17) is 9.47 Å². The molecule has 3 aliphatic heterocycles. The number of carbonyl (C=O) groups excluding carboxylic acids is 3. The molecule has 8 heteroatoms. The highest BCUT2D eigenvalue weighted by atomic mass is 16.6. The third kappa shape index (κ3) is 3.67. The number of hydrogen-bond donors (Lipinski definition) is 1. The molecular weight excluding hydrogens is 412 g/mol. The van der Waals surface area contributed by atoms with Crippen LogP contribution in [0.3, 0.4) is 0 Å². The molecule has 3 rings (SSSR count). The molecule has 6 atom stereocenters. The predicted molar refractivity (Wildman–Crippen MR) is 118 cm³/mol. The van der Waals surface area contributed by atoms with Gasteiger partial charge in [0.15, 0.2) is 0 Å². The van der Waals surface area contributed by atoms with Gasteiger partial charge in [0.1, 0.15) is 18.2 Å². The summed E-state index contributed by atoms with van der Waals surface area (Å²) in [6.45, 7) is 15.1. The Kier molecular flexibility index (Phi) is 7.15. The van der Waals surface area contributed by atoms with Crippen molar-refractivity contribution in [2.75, 3.05) is 19.8 Å². The number of rotatable bonds is 10. The lowest BCUT2D eigenvalue weighted by atomic mass is 9.70. The fourth-order valence-corrected chi connectivity index (χ4v) is 5.70. The second kappa shape index (κ2) is 9.35. The summed E-state index contributed by atoms with van der Waals surface area (Å²) in [6, 6.07) is -1.60. The van der Waals surface area contributed by atoms with Gasteiger partial charge < -0.3 is 24.4 Å². The fourth-order valence-electron chi connectivity index (χ4n) is 5.70. The predicted octanol–water partition coefficient (Wildman–Crippen LogP) is 1.53. The molecule has 2 amide bonds. The minimum atomic E-state index is -1.10. The van der Waals surface area contributed by atoms with Gasteiger partial charge in [0.25, 0.3) is 0 Å². The van der Waals surface area contributed by atoms with Crippen LogP contribution in [0.25, 0.3) is 0 Å². The van der Waals surface area contributed by atoms with Crippen molar-refractivity contribution in [3.63, 3.8) is 0 Å². The zero-order valence-electron chi connectivity index (χ0n) is 19.5. The number of esters is 1. The van der Waals surface area contributed by atoms with Crippen molar-refractivity contribution in [2.45, 2.75) is 70.4 Å². The van der Waals surface area contributed by atoms with Crippen LogP contribution in [-0.4, -0.2) is 82.3 Å². The molecule has 2 bridgehead atoms. The number of amides is 2. The standard InChI is InChI=1S/C24H36N2O6/c1-7-11-25(15(5)6)22(29)20-24-10-9-17(32-24)18(23(30)31-12-8-2)19(24)21(28)26(20)16(13-27)14(3)4/h7-8,14-20,27H,1-2,9-13H2,3-6H3/t16-,17+,18-,19-,20?,24?/m0/s1. The monoisotopic (exact) mass is 448 g/mol. The molecule has 0 saturated carbocycles. The van der Waals surface area contributed by atoms with Crippen molar-refractivity contribution in [2.24, 2.45) is 17.8 Å². The number of likely N-dealkylation sites (tertiary alicyclic amines) is 1. The highest BCUT2D eigenvalue weighted by molar-refractivity contribution is 5.98. The van der Waals surface area contributed by atoms with Gasteiger partial charge >= 0.3 is 5.97 Å². The lowest BCUT2D eigenvalue weighted by Gasteiger charge is -2.41. The van der Waals surface area contributed by atoms with E-state index in [1.54, 1.807) is 11.0 Å². The number of fused-ring (bicyclic) bond motifs is 1. The zero-order chi connectivity index (χ0) is 23.8. The summed E-state index contributed by atoms with van der Waals surface area (Å²) < 4.78 is 11.7. The Labute approximate surface area is 190 Å². The molecule has 3 heterocycles. The van der Waals surface area contributed by atoms with Crippen LogP contribution in [0.1, 0.15) is 40.5 Å². The smallest absolute Gasteiger partial charge is 0.312 e. The molecule has 3 aliphatic rings. The van der Waals surface area contributed by atoms with Gasteiger partial charge in [-0.15, -0.1) is 6.58 Å². The van der Waals surface area contributed by atoms with E-state index in [0.717, 1.165) is 0 Å². The molecule has 1 N–H and O–H groups in total. The first kappa shape index (κ1) is 24.5. The van der Waals surface area contributed by atoms with Crippen molar-refractivity contribution < 1.29 is 29.0 Å². The Hall–Kier alpha value is -2.19. The summed E-state index contributed by atoms with van der Waals surface area (Å²) in [5, 5.41) is 10.2. The number of aliphatic hydroxyl groups excluding tert-OH is 1. The van der Waals surface area contributed by atoms with Crippen molar-refractivity contribution in [1.82, 2.24) is 9.80 Å². The fraction of sp³-hybridized carbons (Fsp3) is 0.708. The maximum atomic E-state index is 13.9. The van der Waals surface area contributed by atoms with Crippen molar-refractivity contribution in [1.29, 1.82) is 0 Å². The second-order valence-corrected chi connectivity index (χ2v) is 9.59. The summed E-state index contributed by atoms with van der Waals surface area (Å²) in [4.78, 5) is 43.9. The van der Waals surface area contributed by atoms with Crippen LogP contribution < -0.4 is 0 Å². The SMILES string of the molecule is C=CCOC(=O)[C@@H]1[C@H]2C(=O)N([C@@H](CO)C(C)C)C(C(=O)N(CC=C)C(C)C)C23CC[C@H]1O3. The van der Waals surface area contributed by atoms with Crippen molar-refractivity contribution >= 4 is 17.8 Å². The van der Waals surface area contributed by atoms with Crippen LogP contribution in [0.2, 0.25) is 0 Å². The van der Waals surface area contributed by atoms with Gasteiger partial charge in [0, 0.05) is 12.6 Å². The Morgan fingerprint density at radius 3 is 2.53 bits per heavy atom. The maximum Gasteiger partial charge on any atom is 0.312 e. The molecule has 1 spiro atoms. The molecule has 0 aromatic heterocycles. The molecule has 3 saturated heterocycles. The number of hydrogen-bond acceptors (Lipinski definition) is 6. The van der Waals surface area contributed by atoms with Crippen molar-refractivity contribution in [3.8, 4) is 0 Å². The molecule has 3 fully saturated rings. The summed E-state index contributed by atoms with van der Waals surface area (Å²) in [7, 11) is 0. The third-order valence-corrected chi connectivity index (χ3v) is 7.13. The molecule has 2 unspecified atom stereocenters. The Bertz CT molecular complexity index is 780. The molecule has 178 valence electrons. The molecule has 0 aromatic rings. The molecule has 8 nitrogen and oxygen atoms in total. The molecule has 0 aliphatic carbocycles. The zero-order valence-corrected chi connectivity index (χ0v) is 19.5. The highest BCUT2D eigenvalue weighted by Crippen LogP contribution is 2.59. The van der Waals surface area contributed by atoms with E-state index in [0.29, 0.717) is 19.4 Å². The minimum Gasteiger partial charge on any atom is -0.461 e. The van der Waals surface area contributed by atoms with Gasteiger partial charge in [-0.3, -0.25) is 14.4 Å². The first-order valence-corrected chi connectivity index (χ1v) is 11.5. The Morgan fingerprint density at radius 1 is 1.31 bits per heavy atom. The van der Waals surface area contributed by atoms with Crippen molar-refractivity contribution in [3.05, 3.63) is 25.3 Å². The van der Waals surface area contributed by atoms with Gasteiger partial charge in [-0.25, -0.2) is 0 Å². The molecule has 0 radical (unpaired) electrons. The third-order valence-electron chi connectivity index (χ3n) is 7.13. The highest BCUT2D eigenvalue weighted by Gasteiger charge is 2.75. The van der Waals surface area contributed by atoms with Gasteiger partial charge in [0.2, 0.25) is 11.8 Å². The summed E-state index contributed by atoms with van der Waals surface area (Å²) in [5.41, 5.74) is -1.10. The van der Waals surface area contributed by atoms with Crippen LogP contribution in [0.5, 0.6) is 0 Å². The van der Waals surface area contributed by atoms with E-state index in [1.165, 1.54) is 11.0 Å². The van der Waals surface area contributed by atoms with Crippen LogP contribution in [0, 0.1) is 17.8 Å².